The third-order valence-corrected chi connectivity index (χ3v) is 6.11. The summed E-state index contributed by atoms with van der Waals surface area (Å²) in [4.78, 5) is 18.2. The Morgan fingerprint density at radius 1 is 1.16 bits per heavy atom. The molecule has 2 saturated heterocycles. The molecule has 1 N–H and O–H groups in total. The highest BCUT2D eigenvalue weighted by Crippen LogP contribution is 2.36. The standard InChI is InChI=1S/C20H22N2O3.C5H8O/c1-14(15-8-5-4-6-9-15)21-19(23)20(2)13-18(22-25-20)16-10-7-11-17(12-16)24-3;1-2-5-3-4(1)6-5/h4-12,14H,13H2,1-3H3,(H,21,23);4-5H,1-3H2/t14-,20?;/m0./s1. The van der Waals surface area contributed by atoms with Crippen LogP contribution in [-0.2, 0) is 14.4 Å². The van der Waals surface area contributed by atoms with Crippen molar-refractivity contribution in [2.75, 3.05) is 7.11 Å². The number of nitrogens with zero attached hydrogens (tertiary/aromatic N) is 1. The summed E-state index contributed by atoms with van der Waals surface area (Å²) >= 11 is 0. The fourth-order valence-electron chi connectivity index (χ4n) is 4.09. The van der Waals surface area contributed by atoms with Crippen LogP contribution in [0.5, 0.6) is 5.75 Å². The molecule has 6 nitrogen and oxygen atoms in total. The van der Waals surface area contributed by atoms with Gasteiger partial charge >= 0.3 is 0 Å². The summed E-state index contributed by atoms with van der Waals surface area (Å²) in [5, 5.41) is 7.15. The summed E-state index contributed by atoms with van der Waals surface area (Å²) in [5.41, 5.74) is 1.67. The van der Waals surface area contributed by atoms with E-state index < -0.39 is 5.60 Å². The lowest BCUT2D eigenvalue weighted by atomic mass is 9.94. The highest BCUT2D eigenvalue weighted by atomic mass is 16.7. The highest BCUT2D eigenvalue weighted by Gasteiger charge is 2.42. The van der Waals surface area contributed by atoms with Gasteiger partial charge in [0.15, 0.2) is 0 Å². The van der Waals surface area contributed by atoms with Gasteiger partial charge in [-0.25, -0.2) is 0 Å². The van der Waals surface area contributed by atoms with Gasteiger partial charge in [-0.05, 0) is 50.8 Å². The molecule has 0 spiro atoms. The van der Waals surface area contributed by atoms with Gasteiger partial charge < -0.3 is 19.6 Å². The first kappa shape index (κ1) is 21.4. The monoisotopic (exact) mass is 422 g/mol. The zero-order valence-corrected chi connectivity index (χ0v) is 18.3. The minimum Gasteiger partial charge on any atom is -0.497 e. The van der Waals surface area contributed by atoms with Crippen molar-refractivity contribution in [1.29, 1.82) is 0 Å². The van der Waals surface area contributed by atoms with E-state index in [4.69, 9.17) is 14.3 Å². The molecule has 164 valence electrons. The molecule has 0 radical (unpaired) electrons. The van der Waals surface area contributed by atoms with Crippen molar-refractivity contribution in [3.63, 3.8) is 0 Å². The normalized spacial score (nSPS) is 26.5. The first-order chi connectivity index (χ1) is 15.0. The molecule has 3 unspecified atom stereocenters. The van der Waals surface area contributed by atoms with E-state index in [0.717, 1.165) is 22.6 Å². The number of nitrogens with one attached hydrogen (secondary N) is 1. The van der Waals surface area contributed by atoms with Crippen molar-refractivity contribution in [2.45, 2.75) is 63.4 Å². The number of fused-ring (bicyclic) bond motifs is 1. The summed E-state index contributed by atoms with van der Waals surface area (Å²) in [6, 6.07) is 17.3. The Labute approximate surface area is 183 Å². The fourth-order valence-corrected chi connectivity index (χ4v) is 4.09. The molecular weight excluding hydrogens is 392 g/mol. The molecule has 2 aromatic rings. The van der Waals surface area contributed by atoms with E-state index in [2.05, 4.69) is 10.5 Å². The molecule has 3 aliphatic heterocycles. The average Bonchev–Trinajstić information content (AvgIpc) is 3.52. The number of amides is 1. The second kappa shape index (κ2) is 9.10. The van der Waals surface area contributed by atoms with Crippen molar-refractivity contribution in [3.05, 3.63) is 65.7 Å². The number of hydrogen-bond donors (Lipinski definition) is 1. The minimum absolute atomic E-state index is 0.102. The van der Waals surface area contributed by atoms with Gasteiger partial charge in [0.05, 0.1) is 31.1 Å². The summed E-state index contributed by atoms with van der Waals surface area (Å²) in [5.74, 6) is 0.571. The topological polar surface area (TPSA) is 69.1 Å². The Hall–Kier alpha value is -2.86. The van der Waals surface area contributed by atoms with Gasteiger partial charge in [0, 0.05) is 12.0 Å². The molecule has 4 atom stereocenters. The fraction of sp³-hybridized carbons (Fsp3) is 0.440. The quantitative estimate of drug-likeness (QED) is 0.776. The number of oxime groups is 1. The van der Waals surface area contributed by atoms with Gasteiger partial charge in [-0.1, -0.05) is 47.6 Å². The first-order valence-electron chi connectivity index (χ1n) is 10.9. The third-order valence-electron chi connectivity index (χ3n) is 6.11. The predicted octanol–water partition coefficient (Wildman–Crippen LogP) is 4.39. The van der Waals surface area contributed by atoms with Crippen molar-refractivity contribution in [1.82, 2.24) is 5.32 Å². The summed E-state index contributed by atoms with van der Waals surface area (Å²) in [6.45, 7) is 3.71. The molecule has 3 fully saturated rings. The lowest BCUT2D eigenvalue weighted by Gasteiger charge is -2.23. The van der Waals surface area contributed by atoms with Crippen LogP contribution >= 0.6 is 0 Å². The SMILES string of the molecule is C1CC2CC1O2.COc1cccc(C2=NOC(C)(C(=O)N[C@@H](C)c3ccccc3)C2)c1. The van der Waals surface area contributed by atoms with E-state index in [9.17, 15) is 4.79 Å². The molecule has 1 aliphatic carbocycles. The molecule has 2 aromatic carbocycles. The highest BCUT2D eigenvalue weighted by molar-refractivity contribution is 6.05. The summed E-state index contributed by atoms with van der Waals surface area (Å²) in [6.07, 6.45) is 5.83. The number of hydrogen-bond acceptors (Lipinski definition) is 5. The van der Waals surface area contributed by atoms with Crippen LogP contribution in [0.4, 0.5) is 0 Å². The van der Waals surface area contributed by atoms with E-state index >= 15 is 0 Å². The molecule has 0 aromatic heterocycles. The first-order valence-corrected chi connectivity index (χ1v) is 10.9. The molecule has 6 heteroatoms. The zero-order chi connectivity index (χ0) is 21.8. The van der Waals surface area contributed by atoms with Crippen LogP contribution in [0, 0.1) is 0 Å². The number of carbonyl (C=O) groups excluding carboxylic acids is 1. The van der Waals surface area contributed by atoms with Crippen molar-refractivity contribution < 1.29 is 19.1 Å². The Kier molecular flexibility index (Phi) is 6.28. The van der Waals surface area contributed by atoms with E-state index in [0.29, 0.717) is 18.6 Å². The maximum absolute atomic E-state index is 12.7. The van der Waals surface area contributed by atoms with Gasteiger partial charge in [0.2, 0.25) is 5.60 Å². The van der Waals surface area contributed by atoms with Gasteiger partial charge in [0.25, 0.3) is 5.91 Å². The third kappa shape index (κ3) is 4.90. The van der Waals surface area contributed by atoms with Crippen LogP contribution in [0.25, 0.3) is 0 Å². The van der Waals surface area contributed by atoms with E-state index in [1.54, 1.807) is 14.0 Å². The molecule has 3 heterocycles. The van der Waals surface area contributed by atoms with E-state index in [-0.39, 0.29) is 11.9 Å². The van der Waals surface area contributed by atoms with Crippen molar-refractivity contribution in [3.8, 4) is 5.75 Å². The maximum Gasteiger partial charge on any atom is 0.267 e. The molecule has 6 rings (SSSR count). The minimum atomic E-state index is -1.01. The van der Waals surface area contributed by atoms with Crippen LogP contribution in [0.2, 0.25) is 0 Å². The zero-order valence-electron chi connectivity index (χ0n) is 18.3. The Morgan fingerprint density at radius 2 is 1.87 bits per heavy atom. The van der Waals surface area contributed by atoms with Crippen molar-refractivity contribution >= 4 is 11.6 Å². The van der Waals surface area contributed by atoms with E-state index in [1.165, 1.54) is 19.3 Å². The molecule has 31 heavy (non-hydrogen) atoms. The number of methoxy groups -OCH3 is 1. The maximum atomic E-state index is 12.7. The van der Waals surface area contributed by atoms with Crippen LogP contribution in [0.1, 0.15) is 56.7 Å². The van der Waals surface area contributed by atoms with Crippen LogP contribution in [0.15, 0.2) is 59.8 Å². The second-order valence-electron chi connectivity index (χ2n) is 8.57. The molecule has 1 saturated carbocycles. The van der Waals surface area contributed by atoms with E-state index in [1.807, 2.05) is 61.5 Å². The van der Waals surface area contributed by atoms with Gasteiger partial charge in [0.1, 0.15) is 5.75 Å². The predicted molar refractivity (Wildman–Crippen MR) is 119 cm³/mol. The van der Waals surface area contributed by atoms with Crippen LogP contribution in [-0.4, -0.2) is 36.5 Å². The molecule has 1 amide bonds. The Balaban J connectivity index is 0.000000325. The number of carbonyl (C=O) groups is 1. The Morgan fingerprint density at radius 3 is 2.48 bits per heavy atom. The smallest absolute Gasteiger partial charge is 0.267 e. The van der Waals surface area contributed by atoms with Crippen molar-refractivity contribution in [2.24, 2.45) is 5.16 Å². The molecular formula is C25H30N2O4. The lowest BCUT2D eigenvalue weighted by Crippen LogP contribution is -2.45. The number of rotatable bonds is 5. The van der Waals surface area contributed by atoms with Gasteiger partial charge in [-0.15, -0.1) is 0 Å². The average molecular weight is 423 g/mol. The lowest BCUT2D eigenvalue weighted by molar-refractivity contribution is -0.142. The van der Waals surface area contributed by atoms with Crippen LogP contribution in [0.3, 0.4) is 0 Å². The number of benzene rings is 2. The molecule has 2 bridgehead atoms. The Bertz CT molecular complexity index is 926. The largest absolute Gasteiger partial charge is 0.497 e. The second-order valence-corrected chi connectivity index (χ2v) is 8.57. The van der Waals surface area contributed by atoms with Crippen LogP contribution < -0.4 is 10.1 Å². The summed E-state index contributed by atoms with van der Waals surface area (Å²) in [7, 11) is 1.62. The van der Waals surface area contributed by atoms with Gasteiger partial charge in [-0.3, -0.25) is 4.79 Å². The summed E-state index contributed by atoms with van der Waals surface area (Å²) < 4.78 is 10.5. The molecule has 4 aliphatic rings. The van der Waals surface area contributed by atoms with Gasteiger partial charge in [-0.2, -0.15) is 0 Å². The number of ether oxygens (including phenoxy) is 2.